The van der Waals surface area contributed by atoms with E-state index in [1.807, 2.05) is 31.2 Å². The molecule has 0 aliphatic rings. The second kappa shape index (κ2) is 8.98. The van der Waals surface area contributed by atoms with Crippen molar-refractivity contribution >= 4 is 44.7 Å². The Kier molecular flexibility index (Phi) is 8.03. The number of hydrogen-bond donors (Lipinski definition) is 1. The number of hydrogen-bond acceptors (Lipinski definition) is 2. The van der Waals surface area contributed by atoms with Gasteiger partial charge in [0.2, 0.25) is 0 Å². The summed E-state index contributed by atoms with van der Waals surface area (Å²) in [5.74, 6) is 0.554. The second-order valence-electron chi connectivity index (χ2n) is 3.94. The molecule has 2 N–H and O–H groups in total. The zero-order chi connectivity index (χ0) is 14.3. The van der Waals surface area contributed by atoms with Gasteiger partial charge in [-0.2, -0.15) is 0 Å². The normalized spacial score (nSPS) is 13.6. The summed E-state index contributed by atoms with van der Waals surface area (Å²) >= 11 is 15.5. The largest absolute Gasteiger partial charge is 0.372 e. The fraction of sp³-hybridized carbons (Fsp3) is 0.429. The lowest BCUT2D eigenvalue weighted by Crippen LogP contribution is -2.25. The van der Waals surface area contributed by atoms with Gasteiger partial charge in [-0.05, 0) is 42.7 Å². The van der Waals surface area contributed by atoms with Crippen LogP contribution in [0.25, 0.3) is 5.57 Å². The Hall–Kier alpha value is -0.0600. The number of ether oxygens (including phenoxy) is 1. The summed E-state index contributed by atoms with van der Waals surface area (Å²) in [5.41, 5.74) is 7.74. The molecule has 0 spiro atoms. The molecular formula is C14H18BrCl2NO. The van der Waals surface area contributed by atoms with Gasteiger partial charge in [-0.25, -0.2) is 0 Å². The van der Waals surface area contributed by atoms with Gasteiger partial charge in [0.15, 0.2) is 0 Å². The number of halogens is 3. The van der Waals surface area contributed by atoms with E-state index in [1.54, 1.807) is 0 Å². The molecule has 1 rings (SSSR count). The molecule has 0 saturated carbocycles. The third-order valence-corrected chi connectivity index (χ3v) is 3.68. The van der Waals surface area contributed by atoms with Crippen LogP contribution in [-0.4, -0.2) is 25.1 Å². The molecule has 2 nitrogen and oxygen atoms in total. The minimum atomic E-state index is -0.167. The molecule has 1 aromatic rings. The fourth-order valence-electron chi connectivity index (χ4n) is 1.83. The van der Waals surface area contributed by atoms with Crippen LogP contribution in [0.4, 0.5) is 0 Å². The van der Waals surface area contributed by atoms with Gasteiger partial charge >= 0.3 is 0 Å². The molecule has 1 atom stereocenters. The highest BCUT2D eigenvalue weighted by molar-refractivity contribution is 9.10. The first-order valence-corrected chi connectivity index (χ1v) is 7.87. The van der Waals surface area contributed by atoms with Gasteiger partial charge in [0.05, 0.1) is 6.10 Å². The fourth-order valence-corrected chi connectivity index (χ4v) is 2.53. The third-order valence-electron chi connectivity index (χ3n) is 2.64. The Balaban J connectivity index is 3.18. The van der Waals surface area contributed by atoms with Gasteiger partial charge in [-0.1, -0.05) is 33.6 Å². The van der Waals surface area contributed by atoms with Crippen LogP contribution in [0.1, 0.15) is 18.9 Å². The number of benzene rings is 1. The summed E-state index contributed by atoms with van der Waals surface area (Å²) in [4.78, 5) is 0. The number of rotatable bonds is 7. The SMILES string of the molecule is CCOC(CN)C(=CCCCl)c1cc(Br)ccc1Cl. The van der Waals surface area contributed by atoms with Crippen molar-refractivity contribution in [3.8, 4) is 0 Å². The molecule has 0 amide bonds. The minimum absolute atomic E-state index is 0.167. The van der Waals surface area contributed by atoms with Crippen LogP contribution >= 0.6 is 39.1 Å². The quantitative estimate of drug-likeness (QED) is 0.722. The van der Waals surface area contributed by atoms with E-state index in [2.05, 4.69) is 15.9 Å². The van der Waals surface area contributed by atoms with Gasteiger partial charge in [0, 0.05) is 28.5 Å². The van der Waals surface area contributed by atoms with Crippen LogP contribution in [-0.2, 0) is 4.74 Å². The predicted molar refractivity (Wildman–Crippen MR) is 86.9 cm³/mol. The predicted octanol–water partition coefficient (Wildman–Crippen LogP) is 4.48. The van der Waals surface area contributed by atoms with Gasteiger partial charge in [0.1, 0.15) is 0 Å². The van der Waals surface area contributed by atoms with Crippen molar-refractivity contribution in [3.05, 3.63) is 39.3 Å². The van der Waals surface area contributed by atoms with Gasteiger partial charge in [-0.15, -0.1) is 11.6 Å². The molecule has 0 aromatic heterocycles. The van der Waals surface area contributed by atoms with Crippen molar-refractivity contribution in [2.24, 2.45) is 5.73 Å². The Labute approximate surface area is 133 Å². The van der Waals surface area contributed by atoms with E-state index in [1.165, 1.54) is 0 Å². The topological polar surface area (TPSA) is 35.2 Å². The molecule has 0 aliphatic carbocycles. The van der Waals surface area contributed by atoms with E-state index in [0.29, 0.717) is 24.1 Å². The van der Waals surface area contributed by atoms with Crippen molar-refractivity contribution in [2.75, 3.05) is 19.0 Å². The minimum Gasteiger partial charge on any atom is -0.372 e. The number of allylic oxidation sites excluding steroid dienone is 1. The van der Waals surface area contributed by atoms with Crippen LogP contribution in [0.3, 0.4) is 0 Å². The Morgan fingerprint density at radius 3 is 2.84 bits per heavy atom. The van der Waals surface area contributed by atoms with Crippen molar-refractivity contribution in [3.63, 3.8) is 0 Å². The summed E-state index contributed by atoms with van der Waals surface area (Å²) in [6, 6.07) is 5.74. The Morgan fingerprint density at radius 1 is 1.53 bits per heavy atom. The van der Waals surface area contributed by atoms with Crippen LogP contribution in [0.2, 0.25) is 5.02 Å². The number of alkyl halides is 1. The lowest BCUT2D eigenvalue weighted by atomic mass is 9.99. The average molecular weight is 367 g/mol. The maximum absolute atomic E-state index is 6.28. The standard InChI is InChI=1S/C14H18BrCl2NO/c1-2-19-14(9-18)11(4-3-7-16)12-8-10(15)5-6-13(12)17/h4-6,8,14H,2-3,7,9,18H2,1H3. The second-order valence-corrected chi connectivity index (χ2v) is 5.64. The van der Waals surface area contributed by atoms with Crippen molar-refractivity contribution in [1.29, 1.82) is 0 Å². The van der Waals surface area contributed by atoms with Crippen LogP contribution in [0, 0.1) is 0 Å². The highest BCUT2D eigenvalue weighted by Crippen LogP contribution is 2.30. The first kappa shape index (κ1) is 17.0. The summed E-state index contributed by atoms with van der Waals surface area (Å²) in [6.07, 6.45) is 2.64. The van der Waals surface area contributed by atoms with Crippen LogP contribution in [0.15, 0.2) is 28.7 Å². The van der Waals surface area contributed by atoms with Gasteiger partial charge < -0.3 is 10.5 Å². The maximum atomic E-state index is 6.28. The van der Waals surface area contributed by atoms with Crippen molar-refractivity contribution in [1.82, 2.24) is 0 Å². The molecular weight excluding hydrogens is 349 g/mol. The third kappa shape index (κ3) is 5.09. The summed E-state index contributed by atoms with van der Waals surface area (Å²) in [6.45, 7) is 2.96. The number of nitrogens with two attached hydrogens (primary N) is 1. The first-order valence-electron chi connectivity index (χ1n) is 6.17. The summed E-state index contributed by atoms with van der Waals surface area (Å²) in [7, 11) is 0. The lowest BCUT2D eigenvalue weighted by Gasteiger charge is -2.20. The van der Waals surface area contributed by atoms with Crippen LogP contribution < -0.4 is 5.73 Å². The maximum Gasteiger partial charge on any atom is 0.0950 e. The summed E-state index contributed by atoms with van der Waals surface area (Å²) < 4.78 is 6.66. The molecule has 0 aliphatic heterocycles. The zero-order valence-corrected chi connectivity index (χ0v) is 13.9. The highest BCUT2D eigenvalue weighted by Gasteiger charge is 2.17. The monoisotopic (exact) mass is 365 g/mol. The van der Waals surface area contributed by atoms with E-state index in [9.17, 15) is 0 Å². The molecule has 5 heteroatoms. The van der Waals surface area contributed by atoms with Crippen molar-refractivity contribution in [2.45, 2.75) is 19.4 Å². The van der Waals surface area contributed by atoms with Gasteiger partial charge in [-0.3, -0.25) is 0 Å². The molecule has 0 fully saturated rings. The highest BCUT2D eigenvalue weighted by atomic mass is 79.9. The molecule has 1 unspecified atom stereocenters. The van der Waals surface area contributed by atoms with Crippen molar-refractivity contribution < 1.29 is 4.74 Å². The Bertz CT molecular complexity index is 437. The van der Waals surface area contributed by atoms with E-state index < -0.39 is 0 Å². The molecule has 0 radical (unpaired) electrons. The molecule has 106 valence electrons. The van der Waals surface area contributed by atoms with E-state index >= 15 is 0 Å². The molecule has 0 saturated heterocycles. The smallest absolute Gasteiger partial charge is 0.0950 e. The molecule has 0 heterocycles. The van der Waals surface area contributed by atoms with E-state index in [4.69, 9.17) is 33.7 Å². The molecule has 19 heavy (non-hydrogen) atoms. The average Bonchev–Trinajstić information content (AvgIpc) is 2.41. The Morgan fingerprint density at radius 2 is 2.26 bits per heavy atom. The van der Waals surface area contributed by atoms with Crippen LogP contribution in [0.5, 0.6) is 0 Å². The molecule has 1 aromatic carbocycles. The molecule has 0 bridgehead atoms. The lowest BCUT2D eigenvalue weighted by molar-refractivity contribution is 0.109. The zero-order valence-electron chi connectivity index (χ0n) is 10.8. The van der Waals surface area contributed by atoms with E-state index in [0.717, 1.165) is 22.0 Å². The van der Waals surface area contributed by atoms with Gasteiger partial charge in [0.25, 0.3) is 0 Å². The first-order chi connectivity index (χ1) is 9.13. The summed E-state index contributed by atoms with van der Waals surface area (Å²) in [5, 5.41) is 0.683. The van der Waals surface area contributed by atoms with E-state index in [-0.39, 0.29) is 6.10 Å².